The number of hydroxylamine groups is 1. The standard InChI is InChI=1S/C36H45N7O5/c1-47-31-22-29-30(23-32(31)48-2)40-36(41-35(29)38-28-18-20-43(21-19-28)24-25-10-6-5-7-11-25)39-27-16-14-26(15-17-27)37-33(44)12-8-3-4-9-13-34(45)42-46/h5-7,10-11,14-17,22-23,28,46H,3-4,8-9,12-13,18-21,24H2,1-2H3,(H,37,44)(H,42,45)(H2,38,39,40,41). The highest BCUT2D eigenvalue weighted by Gasteiger charge is 2.22. The molecule has 2 heterocycles. The van der Waals surface area contributed by atoms with Crippen LogP contribution in [0, 0.1) is 0 Å². The lowest BCUT2D eigenvalue weighted by atomic mass is 10.0. The van der Waals surface area contributed by atoms with E-state index in [1.54, 1.807) is 19.7 Å². The van der Waals surface area contributed by atoms with Crippen LogP contribution in [0.15, 0.2) is 66.7 Å². The predicted molar refractivity (Wildman–Crippen MR) is 187 cm³/mol. The van der Waals surface area contributed by atoms with Gasteiger partial charge in [0.15, 0.2) is 11.5 Å². The molecule has 4 aromatic rings. The number of carbonyl (C=O) groups is 2. The molecule has 0 aliphatic carbocycles. The number of likely N-dealkylation sites (tertiary alicyclic amines) is 1. The number of hydrogen-bond acceptors (Lipinski definition) is 10. The number of rotatable bonds is 16. The minimum atomic E-state index is -0.387. The number of hydrogen-bond donors (Lipinski definition) is 5. The zero-order valence-electron chi connectivity index (χ0n) is 27.6. The van der Waals surface area contributed by atoms with Crippen LogP contribution in [0.1, 0.15) is 56.9 Å². The third-order valence-electron chi connectivity index (χ3n) is 8.49. The lowest BCUT2D eigenvalue weighted by Crippen LogP contribution is -2.38. The Morgan fingerprint density at radius 1 is 0.833 bits per heavy atom. The van der Waals surface area contributed by atoms with Gasteiger partial charge in [0.1, 0.15) is 5.82 Å². The van der Waals surface area contributed by atoms with Crippen molar-refractivity contribution in [3.05, 3.63) is 72.3 Å². The molecule has 5 N–H and O–H groups in total. The van der Waals surface area contributed by atoms with Crippen LogP contribution in [0.2, 0.25) is 0 Å². The van der Waals surface area contributed by atoms with Crippen molar-refractivity contribution in [3.8, 4) is 11.5 Å². The van der Waals surface area contributed by atoms with Crippen molar-refractivity contribution in [2.45, 2.75) is 64.0 Å². The molecule has 254 valence electrons. The van der Waals surface area contributed by atoms with Gasteiger partial charge in [-0.2, -0.15) is 4.98 Å². The molecule has 0 bridgehead atoms. The van der Waals surface area contributed by atoms with Crippen LogP contribution in [0.5, 0.6) is 11.5 Å². The minimum Gasteiger partial charge on any atom is -0.493 e. The van der Waals surface area contributed by atoms with Gasteiger partial charge >= 0.3 is 0 Å². The third kappa shape index (κ3) is 9.79. The fourth-order valence-corrected chi connectivity index (χ4v) is 5.86. The second kappa shape index (κ2) is 17.3. The Morgan fingerprint density at radius 2 is 1.48 bits per heavy atom. The van der Waals surface area contributed by atoms with Crippen molar-refractivity contribution in [3.63, 3.8) is 0 Å². The molecule has 1 saturated heterocycles. The fraction of sp³-hybridized carbons (Fsp3) is 0.389. The number of nitrogens with one attached hydrogen (secondary N) is 4. The number of anilines is 4. The van der Waals surface area contributed by atoms with Crippen LogP contribution in [0.25, 0.3) is 10.9 Å². The number of ether oxygens (including phenoxy) is 2. The summed E-state index contributed by atoms with van der Waals surface area (Å²) in [7, 11) is 3.22. The highest BCUT2D eigenvalue weighted by atomic mass is 16.5. The molecule has 0 saturated carbocycles. The topological polar surface area (TPSA) is 150 Å². The van der Waals surface area contributed by atoms with E-state index in [4.69, 9.17) is 24.6 Å². The number of methoxy groups -OCH3 is 2. The van der Waals surface area contributed by atoms with E-state index in [1.807, 2.05) is 42.5 Å². The smallest absolute Gasteiger partial charge is 0.243 e. The van der Waals surface area contributed by atoms with Crippen molar-refractivity contribution in [1.82, 2.24) is 20.3 Å². The van der Waals surface area contributed by atoms with Crippen LogP contribution in [0.4, 0.5) is 23.1 Å². The van der Waals surface area contributed by atoms with Crippen molar-refractivity contribution >= 4 is 45.9 Å². The molecule has 0 unspecified atom stereocenters. The average Bonchev–Trinajstić information content (AvgIpc) is 3.11. The molecule has 0 spiro atoms. The molecular formula is C36H45N7O5. The highest BCUT2D eigenvalue weighted by Crippen LogP contribution is 2.35. The first-order chi connectivity index (χ1) is 23.4. The maximum absolute atomic E-state index is 12.4. The molecule has 2 amide bonds. The van der Waals surface area contributed by atoms with Crippen molar-refractivity contribution in [1.29, 1.82) is 0 Å². The van der Waals surface area contributed by atoms with Gasteiger partial charge in [0.2, 0.25) is 17.8 Å². The number of fused-ring (bicyclic) bond motifs is 1. The van der Waals surface area contributed by atoms with Gasteiger partial charge in [0, 0.05) is 61.3 Å². The number of aromatic nitrogens is 2. The summed E-state index contributed by atoms with van der Waals surface area (Å²) in [4.78, 5) is 35.7. The molecule has 0 radical (unpaired) electrons. The highest BCUT2D eigenvalue weighted by molar-refractivity contribution is 5.93. The van der Waals surface area contributed by atoms with Crippen molar-refractivity contribution < 1.29 is 24.3 Å². The Balaban J connectivity index is 1.21. The van der Waals surface area contributed by atoms with E-state index in [2.05, 4.69) is 45.1 Å². The zero-order chi connectivity index (χ0) is 33.7. The molecule has 1 aromatic heterocycles. The first-order valence-electron chi connectivity index (χ1n) is 16.5. The van der Waals surface area contributed by atoms with E-state index in [-0.39, 0.29) is 24.3 Å². The summed E-state index contributed by atoms with van der Waals surface area (Å²) in [5.41, 5.74) is 5.15. The maximum Gasteiger partial charge on any atom is 0.243 e. The van der Waals surface area contributed by atoms with Crippen molar-refractivity contribution in [2.24, 2.45) is 0 Å². The summed E-state index contributed by atoms with van der Waals surface area (Å²) in [5, 5.41) is 19.3. The second-order valence-electron chi connectivity index (χ2n) is 12.0. The maximum atomic E-state index is 12.4. The summed E-state index contributed by atoms with van der Waals surface area (Å²) in [6.07, 6.45) is 5.72. The number of amides is 2. The Labute approximate surface area is 281 Å². The Hall–Kier alpha value is -4.94. The quantitative estimate of drug-likeness (QED) is 0.0532. The normalized spacial score (nSPS) is 13.6. The van der Waals surface area contributed by atoms with E-state index in [0.717, 1.165) is 74.1 Å². The lowest BCUT2D eigenvalue weighted by Gasteiger charge is -2.33. The molecule has 3 aromatic carbocycles. The van der Waals surface area contributed by atoms with E-state index in [1.165, 1.54) is 5.56 Å². The van der Waals surface area contributed by atoms with Gasteiger partial charge in [-0.05, 0) is 61.6 Å². The summed E-state index contributed by atoms with van der Waals surface area (Å²) in [6.45, 7) is 2.94. The number of unbranched alkanes of at least 4 members (excludes halogenated alkanes) is 3. The van der Waals surface area contributed by atoms with Crippen LogP contribution < -0.4 is 30.9 Å². The molecule has 1 fully saturated rings. The predicted octanol–water partition coefficient (Wildman–Crippen LogP) is 6.25. The Bertz CT molecular complexity index is 1640. The monoisotopic (exact) mass is 655 g/mol. The first-order valence-corrected chi connectivity index (χ1v) is 16.5. The SMILES string of the molecule is COc1cc2nc(Nc3ccc(NC(=O)CCCCCCC(=O)NO)cc3)nc(NC3CCN(Cc4ccccc4)CC3)c2cc1OC. The average molecular weight is 656 g/mol. The molecular weight excluding hydrogens is 610 g/mol. The summed E-state index contributed by atoms with van der Waals surface area (Å²) < 4.78 is 11.2. The zero-order valence-corrected chi connectivity index (χ0v) is 27.6. The van der Waals surface area contributed by atoms with Gasteiger partial charge in [0.05, 0.1) is 19.7 Å². The van der Waals surface area contributed by atoms with Gasteiger partial charge in [-0.1, -0.05) is 43.2 Å². The molecule has 48 heavy (non-hydrogen) atoms. The van der Waals surface area contributed by atoms with Gasteiger partial charge in [-0.25, -0.2) is 10.5 Å². The largest absolute Gasteiger partial charge is 0.493 e. The molecule has 5 rings (SSSR count). The number of piperidine rings is 1. The molecule has 1 aliphatic rings. The number of carbonyl (C=O) groups excluding carboxylic acids is 2. The molecule has 1 aliphatic heterocycles. The summed E-state index contributed by atoms with van der Waals surface area (Å²) >= 11 is 0. The van der Waals surface area contributed by atoms with Crippen LogP contribution in [-0.4, -0.2) is 65.2 Å². The van der Waals surface area contributed by atoms with Crippen LogP contribution in [-0.2, 0) is 16.1 Å². The molecule has 0 atom stereocenters. The second-order valence-corrected chi connectivity index (χ2v) is 12.0. The van der Waals surface area contributed by atoms with Gasteiger partial charge in [-0.3, -0.25) is 19.7 Å². The third-order valence-corrected chi connectivity index (χ3v) is 8.49. The number of nitrogens with zero attached hydrogens (tertiary/aromatic N) is 3. The van der Waals surface area contributed by atoms with Gasteiger partial charge in [0.25, 0.3) is 0 Å². The van der Waals surface area contributed by atoms with E-state index in [9.17, 15) is 9.59 Å². The van der Waals surface area contributed by atoms with Crippen molar-refractivity contribution in [2.75, 3.05) is 43.3 Å². The van der Waals surface area contributed by atoms with E-state index in [0.29, 0.717) is 36.0 Å². The minimum absolute atomic E-state index is 0.0623. The Kier molecular flexibility index (Phi) is 12.4. The molecule has 12 nitrogen and oxygen atoms in total. The van der Waals surface area contributed by atoms with Crippen LogP contribution in [0.3, 0.4) is 0 Å². The van der Waals surface area contributed by atoms with Gasteiger partial charge in [-0.15, -0.1) is 0 Å². The van der Waals surface area contributed by atoms with Crippen LogP contribution >= 0.6 is 0 Å². The van der Waals surface area contributed by atoms with E-state index >= 15 is 0 Å². The lowest BCUT2D eigenvalue weighted by molar-refractivity contribution is -0.129. The molecule has 12 heteroatoms. The number of benzene rings is 3. The summed E-state index contributed by atoms with van der Waals surface area (Å²) in [6, 6.07) is 22.0. The first kappa shape index (κ1) is 34.4. The summed E-state index contributed by atoms with van der Waals surface area (Å²) in [5.74, 6) is 1.91. The van der Waals surface area contributed by atoms with Gasteiger partial charge < -0.3 is 25.4 Å². The Morgan fingerprint density at radius 3 is 2.15 bits per heavy atom. The van der Waals surface area contributed by atoms with E-state index < -0.39 is 0 Å². The fourth-order valence-electron chi connectivity index (χ4n) is 5.86.